The number of hydrogen-bond donors (Lipinski definition) is 1. The van der Waals surface area contributed by atoms with Crippen molar-refractivity contribution in [2.24, 2.45) is 0 Å². The standard InChI is InChI=1S/C24H29Cl2N7O/c1-2-18-14-32(23-21(26)29-20-22(30-23)27-15-28-24(20)34)11-12-33(18)19-7-9-31(10-8-19)13-16-3-5-17(25)6-4-16/h3-6,15,18-19H,2,7-14H2,1H3,(H,27,28,30,34)/t18-/m0/s1. The molecule has 8 nitrogen and oxygen atoms in total. The number of aromatic nitrogens is 4. The average Bonchev–Trinajstić information content (AvgIpc) is 2.86. The zero-order valence-electron chi connectivity index (χ0n) is 19.3. The van der Waals surface area contributed by atoms with Crippen molar-refractivity contribution < 1.29 is 0 Å². The Kier molecular flexibility index (Phi) is 7.01. The third kappa shape index (κ3) is 4.91. The summed E-state index contributed by atoms with van der Waals surface area (Å²) < 4.78 is 0. The van der Waals surface area contributed by atoms with E-state index in [0.717, 1.165) is 50.7 Å². The molecule has 4 heterocycles. The van der Waals surface area contributed by atoms with Crippen molar-refractivity contribution in [3.8, 4) is 0 Å². The van der Waals surface area contributed by atoms with E-state index in [4.69, 9.17) is 23.2 Å². The molecule has 2 aliphatic rings. The molecule has 1 atom stereocenters. The first-order valence-corrected chi connectivity index (χ1v) is 12.7. The fourth-order valence-electron chi connectivity index (χ4n) is 5.22. The quantitative estimate of drug-likeness (QED) is 0.571. The number of fused-ring (bicyclic) bond motifs is 1. The molecule has 2 aliphatic heterocycles. The molecule has 0 saturated carbocycles. The smallest absolute Gasteiger partial charge is 0.278 e. The molecule has 0 radical (unpaired) electrons. The van der Waals surface area contributed by atoms with Gasteiger partial charge in [0.2, 0.25) is 0 Å². The van der Waals surface area contributed by atoms with Crippen LogP contribution in [0.2, 0.25) is 10.2 Å². The lowest BCUT2D eigenvalue weighted by Crippen LogP contribution is -2.58. The van der Waals surface area contributed by atoms with E-state index in [1.54, 1.807) is 0 Å². The first-order valence-electron chi connectivity index (χ1n) is 11.9. The van der Waals surface area contributed by atoms with Crippen LogP contribution in [-0.4, -0.2) is 74.5 Å². The Labute approximate surface area is 208 Å². The molecule has 3 aromatic rings. The zero-order chi connectivity index (χ0) is 23.7. The van der Waals surface area contributed by atoms with Crippen LogP contribution in [0.15, 0.2) is 35.4 Å². The average molecular weight is 502 g/mol. The van der Waals surface area contributed by atoms with Crippen LogP contribution in [0.25, 0.3) is 11.2 Å². The summed E-state index contributed by atoms with van der Waals surface area (Å²) in [6.45, 7) is 8.04. The van der Waals surface area contributed by atoms with Crippen molar-refractivity contribution in [1.29, 1.82) is 0 Å². The third-order valence-electron chi connectivity index (χ3n) is 7.06. The highest BCUT2D eigenvalue weighted by molar-refractivity contribution is 6.32. The van der Waals surface area contributed by atoms with Crippen molar-refractivity contribution in [3.63, 3.8) is 0 Å². The Morgan fingerprint density at radius 3 is 2.56 bits per heavy atom. The normalized spacial score (nSPS) is 20.8. The number of nitrogens with one attached hydrogen (secondary N) is 1. The van der Waals surface area contributed by atoms with Crippen molar-refractivity contribution in [2.45, 2.75) is 44.8 Å². The Bertz CT molecular complexity index is 1190. The highest BCUT2D eigenvalue weighted by Crippen LogP contribution is 2.29. The fraction of sp³-hybridized carbons (Fsp3) is 0.500. The van der Waals surface area contributed by atoms with Gasteiger partial charge in [0.1, 0.15) is 0 Å². The van der Waals surface area contributed by atoms with Crippen LogP contribution in [-0.2, 0) is 6.54 Å². The summed E-state index contributed by atoms with van der Waals surface area (Å²) in [7, 11) is 0. The molecule has 0 bridgehead atoms. The molecule has 0 spiro atoms. The minimum atomic E-state index is -0.329. The number of hydrogen-bond acceptors (Lipinski definition) is 7. The first-order chi connectivity index (χ1) is 16.5. The number of H-pyrrole nitrogens is 1. The van der Waals surface area contributed by atoms with Crippen LogP contribution in [0.4, 0.5) is 5.82 Å². The van der Waals surface area contributed by atoms with E-state index in [0.29, 0.717) is 23.5 Å². The van der Waals surface area contributed by atoms with Gasteiger partial charge in [-0.05, 0) is 50.0 Å². The molecule has 2 aromatic heterocycles. The van der Waals surface area contributed by atoms with Crippen LogP contribution in [0.5, 0.6) is 0 Å². The number of rotatable bonds is 5. The largest absolute Gasteiger partial charge is 0.351 e. The summed E-state index contributed by atoms with van der Waals surface area (Å²) in [5.74, 6) is 0.614. The van der Waals surface area contributed by atoms with Gasteiger partial charge < -0.3 is 9.88 Å². The number of aromatic amines is 1. The number of anilines is 1. The van der Waals surface area contributed by atoms with E-state index in [-0.39, 0.29) is 16.2 Å². The molecule has 1 N–H and O–H groups in total. The molecule has 0 aliphatic carbocycles. The van der Waals surface area contributed by atoms with E-state index in [9.17, 15) is 4.79 Å². The van der Waals surface area contributed by atoms with E-state index in [1.807, 2.05) is 12.1 Å². The number of likely N-dealkylation sites (tertiary alicyclic amines) is 1. The Morgan fingerprint density at radius 1 is 1.06 bits per heavy atom. The molecular formula is C24H29Cl2N7O. The Morgan fingerprint density at radius 2 is 1.82 bits per heavy atom. The van der Waals surface area contributed by atoms with Crippen LogP contribution in [0.3, 0.4) is 0 Å². The van der Waals surface area contributed by atoms with Crippen LogP contribution in [0, 0.1) is 0 Å². The summed E-state index contributed by atoms with van der Waals surface area (Å²) >= 11 is 12.5. The van der Waals surface area contributed by atoms with Gasteiger partial charge in [-0.2, -0.15) is 0 Å². The monoisotopic (exact) mass is 501 g/mol. The highest BCUT2D eigenvalue weighted by Gasteiger charge is 2.34. The molecule has 2 fully saturated rings. The first kappa shape index (κ1) is 23.5. The lowest BCUT2D eigenvalue weighted by molar-refractivity contribution is 0.0610. The maximum absolute atomic E-state index is 12.0. The van der Waals surface area contributed by atoms with Crippen molar-refractivity contribution >= 4 is 40.2 Å². The number of piperidine rings is 1. The third-order valence-corrected chi connectivity index (χ3v) is 7.57. The molecule has 0 amide bonds. The van der Waals surface area contributed by atoms with Crippen molar-refractivity contribution in [2.75, 3.05) is 37.6 Å². The second-order valence-corrected chi connectivity index (χ2v) is 9.92. The number of halogens is 2. The predicted molar refractivity (Wildman–Crippen MR) is 136 cm³/mol. The van der Waals surface area contributed by atoms with Crippen molar-refractivity contribution in [1.82, 2.24) is 29.7 Å². The lowest BCUT2D eigenvalue weighted by atomic mass is 9.98. The molecular weight excluding hydrogens is 473 g/mol. The number of benzene rings is 1. The molecule has 10 heteroatoms. The second kappa shape index (κ2) is 10.2. The molecule has 2 saturated heterocycles. The summed E-state index contributed by atoms with van der Waals surface area (Å²) in [5.41, 5.74) is 1.48. The van der Waals surface area contributed by atoms with Gasteiger partial charge >= 0.3 is 0 Å². The van der Waals surface area contributed by atoms with Gasteiger partial charge in [0.15, 0.2) is 22.1 Å². The highest BCUT2D eigenvalue weighted by atomic mass is 35.5. The van der Waals surface area contributed by atoms with E-state index in [1.165, 1.54) is 24.7 Å². The minimum Gasteiger partial charge on any atom is -0.351 e. The van der Waals surface area contributed by atoms with Crippen LogP contribution in [0.1, 0.15) is 31.7 Å². The van der Waals surface area contributed by atoms with Crippen molar-refractivity contribution in [3.05, 3.63) is 56.7 Å². The molecule has 180 valence electrons. The molecule has 0 unspecified atom stereocenters. The van der Waals surface area contributed by atoms with Gasteiger partial charge in [0, 0.05) is 43.3 Å². The summed E-state index contributed by atoms with van der Waals surface area (Å²) in [6, 6.07) is 9.18. The molecule has 5 rings (SSSR count). The number of piperazine rings is 1. The topological polar surface area (TPSA) is 81.2 Å². The summed E-state index contributed by atoms with van der Waals surface area (Å²) in [6.07, 6.45) is 4.75. The predicted octanol–water partition coefficient (Wildman–Crippen LogP) is 3.59. The van der Waals surface area contributed by atoms with Gasteiger partial charge in [-0.25, -0.2) is 15.0 Å². The summed E-state index contributed by atoms with van der Waals surface area (Å²) in [4.78, 5) is 35.0. The maximum Gasteiger partial charge on any atom is 0.278 e. The van der Waals surface area contributed by atoms with E-state index in [2.05, 4.69) is 53.7 Å². The molecule has 1 aromatic carbocycles. The zero-order valence-corrected chi connectivity index (χ0v) is 20.8. The second-order valence-electron chi connectivity index (χ2n) is 9.12. The van der Waals surface area contributed by atoms with Crippen LogP contribution < -0.4 is 10.5 Å². The van der Waals surface area contributed by atoms with E-state index >= 15 is 0 Å². The van der Waals surface area contributed by atoms with Gasteiger partial charge in [0.05, 0.1) is 6.33 Å². The van der Waals surface area contributed by atoms with Crippen LogP contribution >= 0.6 is 23.2 Å². The van der Waals surface area contributed by atoms with Gasteiger partial charge in [0.25, 0.3) is 5.56 Å². The van der Waals surface area contributed by atoms with Gasteiger partial charge in [-0.3, -0.25) is 14.6 Å². The fourth-order valence-corrected chi connectivity index (χ4v) is 5.60. The SMILES string of the molecule is CC[C@H]1CN(c2nc3nc[nH]c(=O)c3nc2Cl)CCN1C1CCN(Cc2ccc(Cl)cc2)CC1. The minimum absolute atomic E-state index is 0.173. The van der Waals surface area contributed by atoms with Gasteiger partial charge in [-0.1, -0.05) is 42.3 Å². The Balaban J connectivity index is 1.23. The summed E-state index contributed by atoms with van der Waals surface area (Å²) in [5, 5.41) is 1.04. The van der Waals surface area contributed by atoms with Gasteiger partial charge in [-0.15, -0.1) is 0 Å². The Hall–Kier alpha value is -2.26. The molecule has 34 heavy (non-hydrogen) atoms. The van der Waals surface area contributed by atoms with E-state index < -0.39 is 0 Å². The lowest BCUT2D eigenvalue weighted by Gasteiger charge is -2.47. The number of nitrogens with zero attached hydrogens (tertiary/aromatic N) is 6. The maximum atomic E-state index is 12.0.